The molecule has 0 spiro atoms. The van der Waals surface area contributed by atoms with Crippen molar-refractivity contribution in [3.8, 4) is 0 Å². The van der Waals surface area contributed by atoms with Gasteiger partial charge in [0, 0.05) is 18.5 Å². The lowest BCUT2D eigenvalue weighted by molar-refractivity contribution is 0.397. The zero-order chi connectivity index (χ0) is 12.3. The smallest absolute Gasteiger partial charge is 0.218 e. The van der Waals surface area contributed by atoms with Crippen molar-refractivity contribution in [2.45, 2.75) is 25.1 Å². The highest BCUT2D eigenvalue weighted by Crippen LogP contribution is 2.26. The summed E-state index contributed by atoms with van der Waals surface area (Å²) in [6.07, 6.45) is 0. The van der Waals surface area contributed by atoms with Gasteiger partial charge >= 0.3 is 0 Å². The Balaban J connectivity index is 2.90. The summed E-state index contributed by atoms with van der Waals surface area (Å²) in [6.45, 7) is 3.66. The third-order valence-corrected chi connectivity index (χ3v) is 6.11. The number of sulfonamides is 1. The van der Waals surface area contributed by atoms with Crippen molar-refractivity contribution in [1.82, 2.24) is 4.31 Å². The Bertz CT molecular complexity index is 414. The lowest BCUT2D eigenvalue weighted by Gasteiger charge is -2.26. The molecule has 16 heavy (non-hydrogen) atoms. The number of thiophene rings is 1. The quantitative estimate of drug-likeness (QED) is 0.873. The second-order valence-corrected chi connectivity index (χ2v) is 7.19. The van der Waals surface area contributed by atoms with Gasteiger partial charge in [0.2, 0.25) is 10.0 Å². The molecule has 0 fully saturated rings. The second-order valence-electron chi connectivity index (χ2n) is 3.80. The fourth-order valence-corrected chi connectivity index (χ4v) is 3.59. The van der Waals surface area contributed by atoms with E-state index in [0.717, 1.165) is 4.88 Å². The molecule has 0 aliphatic carbocycles. The van der Waals surface area contributed by atoms with Gasteiger partial charge in [0.05, 0.1) is 11.3 Å². The number of nitrogens with two attached hydrogens (primary N) is 1. The van der Waals surface area contributed by atoms with Crippen molar-refractivity contribution in [2.75, 3.05) is 13.6 Å². The summed E-state index contributed by atoms with van der Waals surface area (Å²) in [5.41, 5.74) is 5.41. The van der Waals surface area contributed by atoms with Crippen molar-refractivity contribution in [1.29, 1.82) is 0 Å². The summed E-state index contributed by atoms with van der Waals surface area (Å²) in [5.74, 6) is 0. The maximum Gasteiger partial charge on any atom is 0.218 e. The van der Waals surface area contributed by atoms with Crippen molar-refractivity contribution in [3.05, 3.63) is 22.4 Å². The Kier molecular flexibility index (Phi) is 4.49. The normalized spacial score (nSPS) is 16.3. The molecule has 4 nitrogen and oxygen atoms in total. The fourth-order valence-electron chi connectivity index (χ4n) is 1.33. The standard InChI is InChI=1S/C10H18N2O2S2/c1-8(7-11)16(13,14)12(3)9(2)10-5-4-6-15-10/h4-6,8-9H,7,11H2,1-3H3. The van der Waals surface area contributed by atoms with Crippen LogP contribution >= 0.6 is 11.3 Å². The van der Waals surface area contributed by atoms with Crippen molar-refractivity contribution >= 4 is 21.4 Å². The maximum atomic E-state index is 12.0. The molecule has 92 valence electrons. The van der Waals surface area contributed by atoms with Gasteiger partial charge in [0.15, 0.2) is 0 Å². The monoisotopic (exact) mass is 262 g/mol. The maximum absolute atomic E-state index is 12.0. The summed E-state index contributed by atoms with van der Waals surface area (Å²) in [4.78, 5) is 1.04. The molecule has 0 bridgehead atoms. The molecule has 2 N–H and O–H groups in total. The largest absolute Gasteiger partial charge is 0.329 e. The van der Waals surface area contributed by atoms with Gasteiger partial charge < -0.3 is 5.73 Å². The van der Waals surface area contributed by atoms with E-state index >= 15 is 0 Å². The molecule has 1 aromatic heterocycles. The molecule has 2 unspecified atom stereocenters. The molecule has 0 aromatic carbocycles. The van der Waals surface area contributed by atoms with Crippen LogP contribution in [0.2, 0.25) is 0 Å². The Morgan fingerprint density at radius 3 is 2.56 bits per heavy atom. The van der Waals surface area contributed by atoms with Crippen LogP contribution in [-0.2, 0) is 10.0 Å². The first-order chi connectivity index (χ1) is 7.41. The fraction of sp³-hybridized carbons (Fsp3) is 0.600. The predicted octanol–water partition coefficient (Wildman–Crippen LogP) is 1.42. The van der Waals surface area contributed by atoms with E-state index in [1.807, 2.05) is 24.4 Å². The molecular weight excluding hydrogens is 244 g/mol. The zero-order valence-corrected chi connectivity index (χ0v) is 11.4. The summed E-state index contributed by atoms with van der Waals surface area (Å²) in [6, 6.07) is 3.72. The molecule has 2 atom stereocenters. The van der Waals surface area contributed by atoms with Gasteiger partial charge in [-0.05, 0) is 25.3 Å². The van der Waals surface area contributed by atoms with E-state index in [1.165, 1.54) is 4.31 Å². The average Bonchev–Trinajstić information content (AvgIpc) is 2.79. The number of hydrogen-bond donors (Lipinski definition) is 1. The molecule has 0 amide bonds. The Labute approximate surface area is 101 Å². The second kappa shape index (κ2) is 5.27. The van der Waals surface area contributed by atoms with Crippen LogP contribution < -0.4 is 5.73 Å². The third-order valence-electron chi connectivity index (χ3n) is 2.74. The van der Waals surface area contributed by atoms with Gasteiger partial charge in [0.25, 0.3) is 0 Å². The van der Waals surface area contributed by atoms with Gasteiger partial charge in [-0.25, -0.2) is 8.42 Å². The molecular formula is C10H18N2O2S2. The topological polar surface area (TPSA) is 63.4 Å². The molecule has 0 aliphatic heterocycles. The Morgan fingerprint density at radius 2 is 2.12 bits per heavy atom. The molecule has 1 aromatic rings. The van der Waals surface area contributed by atoms with Crippen LogP contribution in [0.5, 0.6) is 0 Å². The highest BCUT2D eigenvalue weighted by Gasteiger charge is 2.29. The van der Waals surface area contributed by atoms with E-state index < -0.39 is 15.3 Å². The highest BCUT2D eigenvalue weighted by atomic mass is 32.2. The molecule has 0 saturated heterocycles. The summed E-state index contributed by atoms with van der Waals surface area (Å²) in [7, 11) is -1.70. The first-order valence-electron chi connectivity index (χ1n) is 5.11. The van der Waals surface area contributed by atoms with Crippen LogP contribution in [0.3, 0.4) is 0 Å². The predicted molar refractivity (Wildman–Crippen MR) is 67.9 cm³/mol. The van der Waals surface area contributed by atoms with Crippen LogP contribution in [0.4, 0.5) is 0 Å². The number of hydrogen-bond acceptors (Lipinski definition) is 4. The number of rotatable bonds is 5. The zero-order valence-electron chi connectivity index (χ0n) is 9.75. The average molecular weight is 262 g/mol. The van der Waals surface area contributed by atoms with Crippen LogP contribution in [-0.4, -0.2) is 31.6 Å². The molecule has 0 saturated carbocycles. The van der Waals surface area contributed by atoms with E-state index in [4.69, 9.17) is 5.73 Å². The summed E-state index contributed by atoms with van der Waals surface area (Å²) >= 11 is 1.56. The first kappa shape index (κ1) is 13.6. The lowest BCUT2D eigenvalue weighted by Crippen LogP contribution is -2.39. The van der Waals surface area contributed by atoms with Gasteiger partial charge in [-0.15, -0.1) is 11.3 Å². The Hall–Kier alpha value is -0.430. The van der Waals surface area contributed by atoms with E-state index in [1.54, 1.807) is 25.3 Å². The van der Waals surface area contributed by atoms with Gasteiger partial charge in [-0.3, -0.25) is 0 Å². The summed E-state index contributed by atoms with van der Waals surface area (Å²) < 4.78 is 25.5. The molecule has 1 rings (SSSR count). The van der Waals surface area contributed by atoms with Crippen LogP contribution in [0.25, 0.3) is 0 Å². The molecule has 0 radical (unpaired) electrons. The van der Waals surface area contributed by atoms with Crippen LogP contribution in [0.1, 0.15) is 24.8 Å². The molecule has 1 heterocycles. The van der Waals surface area contributed by atoms with E-state index in [-0.39, 0.29) is 12.6 Å². The minimum Gasteiger partial charge on any atom is -0.329 e. The van der Waals surface area contributed by atoms with Crippen LogP contribution in [0.15, 0.2) is 17.5 Å². The minimum absolute atomic E-state index is 0.140. The lowest BCUT2D eigenvalue weighted by atomic mass is 10.3. The Morgan fingerprint density at radius 1 is 1.50 bits per heavy atom. The van der Waals surface area contributed by atoms with Gasteiger partial charge in [-0.2, -0.15) is 4.31 Å². The minimum atomic E-state index is -3.30. The SMILES string of the molecule is CC(c1cccs1)N(C)S(=O)(=O)C(C)CN. The third kappa shape index (κ3) is 2.63. The highest BCUT2D eigenvalue weighted by molar-refractivity contribution is 7.89. The molecule has 6 heteroatoms. The number of nitrogens with zero attached hydrogens (tertiary/aromatic N) is 1. The van der Waals surface area contributed by atoms with Gasteiger partial charge in [0.1, 0.15) is 0 Å². The van der Waals surface area contributed by atoms with Crippen molar-refractivity contribution in [2.24, 2.45) is 5.73 Å². The molecule has 0 aliphatic rings. The van der Waals surface area contributed by atoms with Gasteiger partial charge in [-0.1, -0.05) is 6.07 Å². The summed E-state index contributed by atoms with van der Waals surface area (Å²) in [5, 5.41) is 1.40. The van der Waals surface area contributed by atoms with Crippen molar-refractivity contribution in [3.63, 3.8) is 0 Å². The van der Waals surface area contributed by atoms with Crippen molar-refractivity contribution < 1.29 is 8.42 Å². The van der Waals surface area contributed by atoms with E-state index in [0.29, 0.717) is 0 Å². The van der Waals surface area contributed by atoms with E-state index in [2.05, 4.69) is 0 Å². The first-order valence-corrected chi connectivity index (χ1v) is 7.49. The van der Waals surface area contributed by atoms with E-state index in [9.17, 15) is 8.42 Å². The van der Waals surface area contributed by atoms with Crippen LogP contribution in [0, 0.1) is 0 Å².